The Hall–Kier alpha value is -3.78. The first kappa shape index (κ1) is 21.5. The Kier molecular flexibility index (Phi) is 5.87. The molecule has 162 valence electrons. The van der Waals surface area contributed by atoms with E-state index in [1.165, 1.54) is 47.3 Å². The molecule has 1 heterocycles. The maximum Gasteiger partial charge on any atom is 0.278 e. The van der Waals surface area contributed by atoms with Gasteiger partial charge in [0.15, 0.2) is 9.84 Å². The molecule has 0 spiro atoms. The van der Waals surface area contributed by atoms with Gasteiger partial charge in [-0.3, -0.25) is 4.79 Å². The average molecular weight is 450 g/mol. The Labute approximate surface area is 184 Å². The van der Waals surface area contributed by atoms with E-state index in [9.17, 15) is 17.6 Å². The van der Waals surface area contributed by atoms with Gasteiger partial charge in [-0.05, 0) is 54.1 Å². The maximum absolute atomic E-state index is 13.3. The van der Waals surface area contributed by atoms with E-state index in [-0.39, 0.29) is 11.5 Å². The number of nitrogens with zero attached hydrogens (tertiary/aromatic N) is 2. The van der Waals surface area contributed by atoms with E-state index in [4.69, 9.17) is 4.74 Å². The van der Waals surface area contributed by atoms with E-state index in [0.717, 1.165) is 6.26 Å². The maximum atomic E-state index is 13.3. The van der Waals surface area contributed by atoms with E-state index < -0.39 is 21.2 Å². The third-order valence-electron chi connectivity index (χ3n) is 4.87. The molecule has 32 heavy (non-hydrogen) atoms. The lowest BCUT2D eigenvalue weighted by Gasteiger charge is -2.14. The SMILES string of the molecule is CS(=O)(=O)c1ccc(-c2cnn(-c3ccc(F)cc3)c(=O)c2COc2ccccc2)cc1. The fourth-order valence-electron chi connectivity index (χ4n) is 3.20. The molecule has 0 amide bonds. The summed E-state index contributed by atoms with van der Waals surface area (Å²) in [5.74, 6) is 0.174. The van der Waals surface area contributed by atoms with Crippen LogP contribution >= 0.6 is 0 Å². The molecule has 6 nitrogen and oxygen atoms in total. The van der Waals surface area contributed by atoms with Gasteiger partial charge in [0.25, 0.3) is 5.56 Å². The topological polar surface area (TPSA) is 78.3 Å². The predicted molar refractivity (Wildman–Crippen MR) is 119 cm³/mol. The summed E-state index contributed by atoms with van der Waals surface area (Å²) in [7, 11) is -3.35. The number of para-hydroxylation sites is 1. The van der Waals surface area contributed by atoms with E-state index in [1.807, 2.05) is 18.2 Å². The molecule has 0 saturated carbocycles. The van der Waals surface area contributed by atoms with Gasteiger partial charge in [-0.15, -0.1) is 0 Å². The Morgan fingerprint density at radius 3 is 2.22 bits per heavy atom. The fraction of sp³-hybridized carbons (Fsp3) is 0.0833. The molecule has 0 saturated heterocycles. The van der Waals surface area contributed by atoms with Crippen molar-refractivity contribution in [2.45, 2.75) is 11.5 Å². The molecule has 0 aliphatic heterocycles. The Bertz CT molecular complexity index is 1400. The molecule has 8 heteroatoms. The molecule has 1 aromatic heterocycles. The first-order chi connectivity index (χ1) is 15.3. The summed E-state index contributed by atoms with van der Waals surface area (Å²) < 4.78 is 43.9. The summed E-state index contributed by atoms with van der Waals surface area (Å²) in [6.07, 6.45) is 2.65. The average Bonchev–Trinajstić information content (AvgIpc) is 2.79. The van der Waals surface area contributed by atoms with Crippen molar-refractivity contribution in [3.8, 4) is 22.6 Å². The summed E-state index contributed by atoms with van der Waals surface area (Å²) in [6.45, 7) is -0.0320. The van der Waals surface area contributed by atoms with Crippen LogP contribution in [0.4, 0.5) is 4.39 Å². The molecule has 0 bridgehead atoms. The van der Waals surface area contributed by atoms with Crippen LogP contribution in [0.25, 0.3) is 16.8 Å². The van der Waals surface area contributed by atoms with E-state index >= 15 is 0 Å². The molecule has 4 aromatic rings. The van der Waals surface area contributed by atoms with Crippen LogP contribution in [0.1, 0.15) is 5.56 Å². The van der Waals surface area contributed by atoms with Crippen LogP contribution in [0.3, 0.4) is 0 Å². The molecule has 0 fully saturated rings. The molecule has 0 unspecified atom stereocenters. The number of aromatic nitrogens is 2. The molecule has 0 N–H and O–H groups in total. The summed E-state index contributed by atoms with van der Waals surface area (Å²) in [4.78, 5) is 13.5. The Balaban J connectivity index is 1.80. The zero-order valence-corrected chi connectivity index (χ0v) is 17.9. The Morgan fingerprint density at radius 2 is 1.59 bits per heavy atom. The quantitative estimate of drug-likeness (QED) is 0.443. The number of halogens is 1. The van der Waals surface area contributed by atoms with Crippen molar-refractivity contribution in [3.63, 3.8) is 0 Å². The molecule has 3 aromatic carbocycles. The highest BCUT2D eigenvalue weighted by Crippen LogP contribution is 2.24. The van der Waals surface area contributed by atoms with Crippen molar-refractivity contribution in [1.82, 2.24) is 9.78 Å². The first-order valence-corrected chi connectivity index (χ1v) is 11.6. The highest BCUT2D eigenvalue weighted by atomic mass is 32.2. The number of rotatable bonds is 6. The van der Waals surface area contributed by atoms with E-state index in [1.54, 1.807) is 24.3 Å². The minimum Gasteiger partial charge on any atom is -0.489 e. The summed E-state index contributed by atoms with van der Waals surface area (Å²) in [6, 6.07) is 20.7. The molecule has 0 atom stereocenters. The van der Waals surface area contributed by atoms with Gasteiger partial charge < -0.3 is 4.74 Å². The van der Waals surface area contributed by atoms with Crippen LogP contribution in [0.2, 0.25) is 0 Å². The predicted octanol–water partition coefficient (Wildman–Crippen LogP) is 4.02. The zero-order chi connectivity index (χ0) is 22.7. The van der Waals surface area contributed by atoms with Crippen molar-refractivity contribution in [2.75, 3.05) is 6.26 Å². The highest BCUT2D eigenvalue weighted by Gasteiger charge is 2.16. The minimum atomic E-state index is -3.35. The molecule has 0 aliphatic rings. The van der Waals surface area contributed by atoms with Crippen molar-refractivity contribution in [1.29, 1.82) is 0 Å². The van der Waals surface area contributed by atoms with Crippen LogP contribution in [0.15, 0.2) is 94.7 Å². The number of benzene rings is 3. The summed E-state index contributed by atoms with van der Waals surface area (Å²) >= 11 is 0. The molecular weight excluding hydrogens is 431 g/mol. The monoisotopic (exact) mass is 450 g/mol. The smallest absolute Gasteiger partial charge is 0.278 e. The van der Waals surface area contributed by atoms with Gasteiger partial charge in [-0.2, -0.15) is 9.78 Å². The first-order valence-electron chi connectivity index (χ1n) is 9.68. The molecule has 4 rings (SSSR count). The lowest BCUT2D eigenvalue weighted by molar-refractivity contribution is 0.304. The largest absolute Gasteiger partial charge is 0.489 e. The highest BCUT2D eigenvalue weighted by molar-refractivity contribution is 7.90. The van der Waals surface area contributed by atoms with Crippen molar-refractivity contribution in [3.05, 3.63) is 107 Å². The molecule has 0 radical (unpaired) electrons. The normalized spacial score (nSPS) is 11.3. The van der Waals surface area contributed by atoms with Crippen LogP contribution in [0, 0.1) is 5.82 Å². The van der Waals surface area contributed by atoms with Crippen molar-refractivity contribution >= 4 is 9.84 Å². The van der Waals surface area contributed by atoms with E-state index in [2.05, 4.69) is 5.10 Å². The zero-order valence-electron chi connectivity index (χ0n) is 17.1. The van der Waals surface area contributed by atoms with Crippen LogP contribution in [-0.2, 0) is 16.4 Å². The van der Waals surface area contributed by atoms with Gasteiger partial charge >= 0.3 is 0 Å². The van der Waals surface area contributed by atoms with Crippen molar-refractivity contribution in [2.24, 2.45) is 0 Å². The van der Waals surface area contributed by atoms with Gasteiger partial charge in [-0.25, -0.2) is 12.8 Å². The second-order valence-electron chi connectivity index (χ2n) is 7.13. The Morgan fingerprint density at radius 1 is 0.938 bits per heavy atom. The molecule has 0 aliphatic carbocycles. The lowest BCUT2D eigenvalue weighted by Crippen LogP contribution is -2.26. The third-order valence-corrected chi connectivity index (χ3v) is 6.00. The van der Waals surface area contributed by atoms with Crippen molar-refractivity contribution < 1.29 is 17.5 Å². The molecular formula is C24H19FN2O4S. The van der Waals surface area contributed by atoms with Gasteiger partial charge in [0, 0.05) is 11.8 Å². The second kappa shape index (κ2) is 8.76. The number of hydrogen-bond donors (Lipinski definition) is 0. The van der Waals surface area contributed by atoms with Gasteiger partial charge in [-0.1, -0.05) is 30.3 Å². The van der Waals surface area contributed by atoms with Gasteiger partial charge in [0.1, 0.15) is 18.2 Å². The van der Waals surface area contributed by atoms with Crippen LogP contribution in [-0.4, -0.2) is 24.5 Å². The third kappa shape index (κ3) is 4.60. The van der Waals surface area contributed by atoms with Gasteiger partial charge in [0.05, 0.1) is 22.3 Å². The summed E-state index contributed by atoms with van der Waals surface area (Å²) in [5, 5.41) is 4.25. The fourth-order valence-corrected chi connectivity index (χ4v) is 3.83. The van der Waals surface area contributed by atoms with E-state index in [0.29, 0.717) is 28.1 Å². The number of sulfone groups is 1. The lowest BCUT2D eigenvalue weighted by atomic mass is 10.0. The number of ether oxygens (including phenoxy) is 1. The van der Waals surface area contributed by atoms with Crippen LogP contribution < -0.4 is 10.3 Å². The minimum absolute atomic E-state index is 0.0320. The van der Waals surface area contributed by atoms with Gasteiger partial charge in [0.2, 0.25) is 0 Å². The standard InChI is InChI=1S/C24H19FN2O4S/c1-32(29,30)21-13-7-17(8-14-21)22-15-26-27(19-11-9-18(25)10-12-19)24(28)23(22)16-31-20-5-3-2-4-6-20/h2-15H,16H2,1H3. The second-order valence-corrected chi connectivity index (χ2v) is 9.14. The summed E-state index contributed by atoms with van der Waals surface area (Å²) in [5.41, 5.74) is 1.47. The van der Waals surface area contributed by atoms with Crippen LogP contribution in [0.5, 0.6) is 5.75 Å². The number of hydrogen-bond acceptors (Lipinski definition) is 5.